The van der Waals surface area contributed by atoms with Crippen LogP contribution in [0.4, 0.5) is 0 Å². The minimum absolute atomic E-state index is 0.0445. The summed E-state index contributed by atoms with van der Waals surface area (Å²) < 4.78 is 23.1. The van der Waals surface area contributed by atoms with Crippen molar-refractivity contribution in [1.82, 2.24) is 15.5 Å². The molecule has 0 bridgehead atoms. The van der Waals surface area contributed by atoms with Gasteiger partial charge in [-0.3, -0.25) is 34.6 Å². The molecule has 1 saturated heterocycles. The zero-order valence-corrected chi connectivity index (χ0v) is 18.3. The summed E-state index contributed by atoms with van der Waals surface area (Å²) in [4.78, 5) is 62.7. The molecule has 0 saturated carbocycles. The summed E-state index contributed by atoms with van der Waals surface area (Å²) >= 11 is 0. The molecule has 5 amide bonds. The number of sulfone groups is 1. The highest BCUT2D eigenvalue weighted by Crippen LogP contribution is 2.28. The van der Waals surface area contributed by atoms with Crippen LogP contribution in [-0.2, 0) is 26.0 Å². The number of benzene rings is 2. The Balaban J connectivity index is 1.47. The Morgan fingerprint density at radius 3 is 2.27 bits per heavy atom. The van der Waals surface area contributed by atoms with Crippen molar-refractivity contribution in [3.63, 3.8) is 0 Å². The van der Waals surface area contributed by atoms with Crippen molar-refractivity contribution in [2.24, 2.45) is 0 Å². The van der Waals surface area contributed by atoms with Crippen molar-refractivity contribution < 1.29 is 32.4 Å². The highest BCUT2D eigenvalue weighted by Gasteiger charge is 2.39. The number of carbonyl (C=O) groups is 5. The topological polar surface area (TPSA) is 147 Å². The van der Waals surface area contributed by atoms with Gasteiger partial charge in [0.15, 0.2) is 9.84 Å². The van der Waals surface area contributed by atoms with Gasteiger partial charge in [-0.1, -0.05) is 6.07 Å². The maximum absolute atomic E-state index is 12.9. The molecular formula is C22H19N3O7S. The van der Waals surface area contributed by atoms with Gasteiger partial charge in [-0.2, -0.15) is 0 Å². The molecule has 2 heterocycles. The molecule has 0 radical (unpaired) electrons. The first-order valence-corrected chi connectivity index (χ1v) is 11.9. The van der Waals surface area contributed by atoms with Crippen molar-refractivity contribution in [1.29, 1.82) is 0 Å². The van der Waals surface area contributed by atoms with Gasteiger partial charge in [0.2, 0.25) is 11.8 Å². The predicted octanol–water partition coefficient (Wildman–Crippen LogP) is 0.421. The molecule has 2 aromatic rings. The zero-order chi connectivity index (χ0) is 23.9. The molecule has 4 rings (SSSR count). The number of hydrogen-bond acceptors (Lipinski definition) is 7. The predicted molar refractivity (Wildman–Crippen MR) is 114 cm³/mol. The highest BCUT2D eigenvalue weighted by atomic mass is 32.2. The third-order valence-electron chi connectivity index (χ3n) is 5.56. The monoisotopic (exact) mass is 469 g/mol. The molecule has 1 atom stereocenters. The number of imide groups is 2. The molecule has 2 N–H and O–H groups in total. The Hall–Kier alpha value is -3.86. The smallest absolute Gasteiger partial charge is 0.258 e. The van der Waals surface area contributed by atoms with Crippen LogP contribution in [0.15, 0.2) is 47.4 Å². The second-order valence-electron chi connectivity index (χ2n) is 7.85. The summed E-state index contributed by atoms with van der Waals surface area (Å²) in [5.41, 5.74) is 1.05. The average Bonchev–Trinajstić information content (AvgIpc) is 3.09. The lowest BCUT2D eigenvalue weighted by Gasteiger charge is -2.29. The van der Waals surface area contributed by atoms with Gasteiger partial charge in [0.05, 0.1) is 4.90 Å². The number of amides is 5. The Morgan fingerprint density at radius 2 is 1.64 bits per heavy atom. The van der Waals surface area contributed by atoms with Gasteiger partial charge in [-0.25, -0.2) is 8.42 Å². The molecule has 33 heavy (non-hydrogen) atoms. The van der Waals surface area contributed by atoms with E-state index in [1.54, 1.807) is 6.07 Å². The van der Waals surface area contributed by atoms with E-state index in [1.165, 1.54) is 41.3 Å². The number of nitrogens with zero attached hydrogens (tertiary/aromatic N) is 1. The van der Waals surface area contributed by atoms with Gasteiger partial charge in [0.1, 0.15) is 6.04 Å². The van der Waals surface area contributed by atoms with E-state index >= 15 is 0 Å². The summed E-state index contributed by atoms with van der Waals surface area (Å²) in [6.07, 6.45) is 1.41. The van der Waals surface area contributed by atoms with E-state index in [4.69, 9.17) is 0 Å². The fourth-order valence-corrected chi connectivity index (χ4v) is 4.43. The van der Waals surface area contributed by atoms with Crippen LogP contribution in [0, 0.1) is 0 Å². The Labute approximate surface area is 188 Å². The molecule has 170 valence electrons. The van der Waals surface area contributed by atoms with Crippen LogP contribution in [0.1, 0.15) is 49.5 Å². The van der Waals surface area contributed by atoms with E-state index in [2.05, 4.69) is 10.6 Å². The summed E-state index contributed by atoms with van der Waals surface area (Å²) in [5, 5.41) is 4.43. The molecule has 2 aliphatic rings. The molecule has 0 aromatic heterocycles. The summed E-state index contributed by atoms with van der Waals surface area (Å²) in [6, 6.07) is 8.77. The molecular weight excluding hydrogens is 450 g/mol. The standard InChI is InChI=1S/C22H19N3O7S/c1-33(31,32)15-6-4-12(5-7-15)19(27)24-20(28)13-2-3-14-11-25(22(30)16(14)10-13)17-8-9-18(26)23-21(17)29/h2-7,10,17H,8-9,11H2,1H3,(H,23,26,29)(H,24,27,28). The molecule has 0 spiro atoms. The molecule has 0 aliphatic carbocycles. The molecule has 1 unspecified atom stereocenters. The van der Waals surface area contributed by atoms with E-state index in [-0.39, 0.29) is 46.9 Å². The van der Waals surface area contributed by atoms with E-state index < -0.39 is 39.5 Å². The van der Waals surface area contributed by atoms with Crippen LogP contribution in [0.2, 0.25) is 0 Å². The van der Waals surface area contributed by atoms with Gasteiger partial charge in [0.25, 0.3) is 17.7 Å². The Morgan fingerprint density at radius 1 is 1.00 bits per heavy atom. The first-order chi connectivity index (χ1) is 15.5. The maximum atomic E-state index is 12.9. The van der Waals surface area contributed by atoms with Crippen molar-refractivity contribution in [3.05, 3.63) is 64.7 Å². The number of nitrogens with one attached hydrogen (secondary N) is 2. The maximum Gasteiger partial charge on any atom is 0.258 e. The van der Waals surface area contributed by atoms with Crippen molar-refractivity contribution in [2.75, 3.05) is 6.26 Å². The van der Waals surface area contributed by atoms with Crippen molar-refractivity contribution >= 4 is 39.4 Å². The van der Waals surface area contributed by atoms with Crippen LogP contribution < -0.4 is 10.6 Å². The quantitative estimate of drug-likeness (QED) is 0.617. The summed E-state index contributed by atoms with van der Waals surface area (Å²) in [5.74, 6) is -2.80. The van der Waals surface area contributed by atoms with Crippen molar-refractivity contribution in [3.8, 4) is 0 Å². The Kier molecular flexibility index (Phi) is 5.58. The van der Waals surface area contributed by atoms with E-state index in [9.17, 15) is 32.4 Å². The normalized spacial score (nSPS) is 18.0. The van der Waals surface area contributed by atoms with E-state index in [1.807, 2.05) is 0 Å². The fourth-order valence-electron chi connectivity index (χ4n) is 3.80. The third-order valence-corrected chi connectivity index (χ3v) is 6.69. The second kappa shape index (κ2) is 8.24. The highest BCUT2D eigenvalue weighted by molar-refractivity contribution is 7.90. The molecule has 1 fully saturated rings. The number of hydrogen-bond donors (Lipinski definition) is 2. The van der Waals surface area contributed by atoms with Crippen LogP contribution in [-0.4, -0.2) is 55.2 Å². The first-order valence-electron chi connectivity index (χ1n) is 9.98. The average molecular weight is 469 g/mol. The van der Waals surface area contributed by atoms with Gasteiger partial charge in [0, 0.05) is 35.9 Å². The molecule has 11 heteroatoms. The van der Waals surface area contributed by atoms with Crippen molar-refractivity contribution in [2.45, 2.75) is 30.3 Å². The number of rotatable bonds is 4. The zero-order valence-electron chi connectivity index (χ0n) is 17.5. The Bertz CT molecular complexity index is 1320. The van der Waals surface area contributed by atoms with Crippen LogP contribution in [0.5, 0.6) is 0 Å². The minimum Gasteiger partial charge on any atom is -0.322 e. The number of fused-ring (bicyclic) bond motifs is 1. The van der Waals surface area contributed by atoms with E-state index in [0.29, 0.717) is 5.56 Å². The van der Waals surface area contributed by atoms with Gasteiger partial charge >= 0.3 is 0 Å². The van der Waals surface area contributed by atoms with E-state index in [0.717, 1.165) is 6.26 Å². The molecule has 10 nitrogen and oxygen atoms in total. The number of carbonyl (C=O) groups excluding carboxylic acids is 5. The molecule has 2 aliphatic heterocycles. The summed E-state index contributed by atoms with van der Waals surface area (Å²) in [6.45, 7) is 0.175. The molecule has 2 aromatic carbocycles. The summed E-state index contributed by atoms with van der Waals surface area (Å²) in [7, 11) is -3.42. The third kappa shape index (κ3) is 4.40. The first kappa shape index (κ1) is 22.3. The van der Waals surface area contributed by atoms with Crippen LogP contribution in [0.3, 0.4) is 0 Å². The lowest BCUT2D eigenvalue weighted by Crippen LogP contribution is -2.52. The SMILES string of the molecule is CS(=O)(=O)c1ccc(C(=O)NC(=O)c2ccc3c(c2)C(=O)N(C2CCC(=O)NC2=O)C3)cc1. The van der Waals surface area contributed by atoms with Crippen LogP contribution >= 0.6 is 0 Å². The second-order valence-corrected chi connectivity index (χ2v) is 9.87. The van der Waals surface area contributed by atoms with Gasteiger partial charge in [-0.05, 0) is 48.4 Å². The van der Waals surface area contributed by atoms with Crippen LogP contribution in [0.25, 0.3) is 0 Å². The largest absolute Gasteiger partial charge is 0.322 e. The van der Waals surface area contributed by atoms with Gasteiger partial charge in [-0.15, -0.1) is 0 Å². The lowest BCUT2D eigenvalue weighted by molar-refractivity contribution is -0.136. The lowest BCUT2D eigenvalue weighted by atomic mass is 10.0. The van der Waals surface area contributed by atoms with Gasteiger partial charge < -0.3 is 4.90 Å². The minimum atomic E-state index is -3.42. The fraction of sp³-hybridized carbons (Fsp3) is 0.227. The number of piperidine rings is 1.